The van der Waals surface area contributed by atoms with Crippen LogP contribution in [-0.4, -0.2) is 16.0 Å². The fourth-order valence-corrected chi connectivity index (χ4v) is 1.18. The van der Waals surface area contributed by atoms with E-state index >= 15 is 0 Å². The lowest BCUT2D eigenvalue weighted by molar-refractivity contribution is -0.390. The van der Waals surface area contributed by atoms with Crippen molar-refractivity contribution < 1.29 is 22.8 Å². The fraction of sp³-hybridized carbons (Fsp3) is 0.444. The smallest absolute Gasteiger partial charge is 0.420 e. The summed E-state index contributed by atoms with van der Waals surface area (Å²) in [6.07, 6.45) is -3.03. The number of aromatic nitrogens is 1. The topological polar surface area (TPSA) is 65.3 Å². The summed E-state index contributed by atoms with van der Waals surface area (Å²) in [5, 5.41) is 10.6. The first kappa shape index (κ1) is 11.6. The zero-order valence-corrected chi connectivity index (χ0v) is 8.40. The average molecular weight is 248 g/mol. The number of hydrogen-bond acceptors (Lipinski definition) is 4. The maximum absolute atomic E-state index is 12.4. The molecular weight excluding hydrogens is 241 g/mol. The third-order valence-corrected chi connectivity index (χ3v) is 2.15. The molecule has 1 aromatic heterocycles. The molecule has 0 spiro atoms. The van der Waals surface area contributed by atoms with Gasteiger partial charge in [0.1, 0.15) is 5.56 Å². The molecule has 0 radical (unpaired) electrons. The van der Waals surface area contributed by atoms with Gasteiger partial charge in [-0.25, -0.2) is 0 Å². The molecule has 1 aliphatic carbocycles. The van der Waals surface area contributed by atoms with Crippen LogP contribution in [0, 0.1) is 10.1 Å². The number of ether oxygens (including phenoxy) is 1. The molecule has 1 aliphatic rings. The van der Waals surface area contributed by atoms with E-state index < -0.39 is 28.2 Å². The molecule has 1 saturated carbocycles. The normalized spacial score (nSPS) is 15.7. The van der Waals surface area contributed by atoms with Crippen LogP contribution in [0.3, 0.4) is 0 Å². The lowest BCUT2D eigenvalue weighted by Crippen LogP contribution is -2.09. The number of halogens is 3. The highest BCUT2D eigenvalue weighted by molar-refractivity contribution is 5.42. The second-order valence-electron chi connectivity index (χ2n) is 3.62. The summed E-state index contributed by atoms with van der Waals surface area (Å²) in [6.45, 7) is 0. The number of hydrogen-bond donors (Lipinski definition) is 0. The molecule has 0 N–H and O–H groups in total. The molecule has 0 saturated heterocycles. The highest BCUT2D eigenvalue weighted by Gasteiger charge is 2.36. The number of nitro groups is 1. The number of alkyl halides is 3. The summed E-state index contributed by atoms with van der Waals surface area (Å²) in [6, 6.07) is 0.615. The van der Waals surface area contributed by atoms with Gasteiger partial charge in [0.05, 0.1) is 6.10 Å². The van der Waals surface area contributed by atoms with Crippen molar-refractivity contribution >= 4 is 5.82 Å². The van der Waals surface area contributed by atoms with Crippen LogP contribution in [-0.2, 0) is 6.18 Å². The average Bonchev–Trinajstić information content (AvgIpc) is 2.99. The number of pyridine rings is 1. The van der Waals surface area contributed by atoms with Crippen molar-refractivity contribution in [1.82, 2.24) is 4.98 Å². The molecule has 0 atom stereocenters. The van der Waals surface area contributed by atoms with Crippen molar-refractivity contribution in [2.75, 3.05) is 0 Å². The van der Waals surface area contributed by atoms with E-state index in [-0.39, 0.29) is 6.10 Å². The Morgan fingerprint density at radius 2 is 2.12 bits per heavy atom. The van der Waals surface area contributed by atoms with Crippen molar-refractivity contribution in [3.05, 3.63) is 27.9 Å². The summed E-state index contributed by atoms with van der Waals surface area (Å²) >= 11 is 0. The van der Waals surface area contributed by atoms with Gasteiger partial charge in [-0.05, 0) is 22.7 Å². The quantitative estimate of drug-likeness (QED) is 0.609. The Bertz CT molecular complexity index is 457. The molecule has 1 fully saturated rings. The van der Waals surface area contributed by atoms with Crippen LogP contribution >= 0.6 is 0 Å². The van der Waals surface area contributed by atoms with Crippen LogP contribution < -0.4 is 4.74 Å². The van der Waals surface area contributed by atoms with Crippen LogP contribution in [0.1, 0.15) is 18.4 Å². The Hall–Kier alpha value is -1.86. The molecule has 2 rings (SSSR count). The lowest BCUT2D eigenvalue weighted by atomic mass is 10.2. The van der Waals surface area contributed by atoms with Crippen molar-refractivity contribution in [2.24, 2.45) is 0 Å². The predicted molar refractivity (Wildman–Crippen MR) is 49.5 cm³/mol. The highest BCUT2D eigenvalue weighted by Crippen LogP contribution is 2.37. The molecular formula is C9H7F3N2O3. The minimum atomic E-state index is -4.59. The summed E-state index contributed by atoms with van der Waals surface area (Å²) in [7, 11) is 0. The molecule has 17 heavy (non-hydrogen) atoms. The summed E-state index contributed by atoms with van der Waals surface area (Å²) in [5.41, 5.74) is -1.06. The van der Waals surface area contributed by atoms with E-state index in [0.29, 0.717) is 25.1 Å². The van der Waals surface area contributed by atoms with Crippen LogP contribution in [0.15, 0.2) is 12.3 Å². The fourth-order valence-electron chi connectivity index (χ4n) is 1.18. The first-order valence-electron chi connectivity index (χ1n) is 4.76. The van der Waals surface area contributed by atoms with Gasteiger partial charge < -0.3 is 14.9 Å². The van der Waals surface area contributed by atoms with Crippen molar-refractivity contribution in [3.8, 4) is 5.75 Å². The van der Waals surface area contributed by atoms with E-state index in [0.717, 1.165) is 0 Å². The molecule has 92 valence electrons. The molecule has 5 nitrogen and oxygen atoms in total. The Kier molecular flexibility index (Phi) is 2.64. The Balaban J connectivity index is 2.38. The highest BCUT2D eigenvalue weighted by atomic mass is 19.4. The molecule has 0 amide bonds. The molecule has 8 heteroatoms. The van der Waals surface area contributed by atoms with Crippen LogP contribution in [0.5, 0.6) is 5.75 Å². The zero-order valence-electron chi connectivity index (χ0n) is 8.40. The first-order chi connectivity index (χ1) is 7.88. The van der Waals surface area contributed by atoms with E-state index in [9.17, 15) is 23.3 Å². The number of rotatable bonds is 3. The van der Waals surface area contributed by atoms with Gasteiger partial charge in [-0.2, -0.15) is 13.2 Å². The predicted octanol–water partition coefficient (Wildman–Crippen LogP) is 2.55. The second-order valence-corrected chi connectivity index (χ2v) is 3.62. The SMILES string of the molecule is O=[N+]([O-])c1ncc(C(F)(F)F)cc1OC1CC1. The zero-order chi connectivity index (χ0) is 12.6. The largest absolute Gasteiger partial charge is 0.482 e. The maximum Gasteiger partial charge on any atom is 0.420 e. The monoisotopic (exact) mass is 248 g/mol. The summed E-state index contributed by atoms with van der Waals surface area (Å²) in [4.78, 5) is 12.9. The molecule has 0 aromatic carbocycles. The van der Waals surface area contributed by atoms with Gasteiger partial charge in [0.15, 0.2) is 6.20 Å². The summed E-state index contributed by atoms with van der Waals surface area (Å²) in [5.74, 6) is -1.11. The Morgan fingerprint density at radius 1 is 1.47 bits per heavy atom. The number of nitrogens with zero attached hydrogens (tertiary/aromatic N) is 2. The minimum absolute atomic E-state index is 0.237. The Labute approximate surface area is 93.4 Å². The lowest BCUT2D eigenvalue weighted by Gasteiger charge is -2.08. The standard InChI is InChI=1S/C9H7F3N2O3/c10-9(11,12)5-3-7(17-6-1-2-6)8(13-4-5)14(15)16/h3-4,6H,1-2H2. The van der Waals surface area contributed by atoms with E-state index in [1.165, 1.54) is 0 Å². The van der Waals surface area contributed by atoms with Gasteiger partial charge >= 0.3 is 12.0 Å². The van der Waals surface area contributed by atoms with Crippen LogP contribution in [0.4, 0.5) is 19.0 Å². The summed E-state index contributed by atoms with van der Waals surface area (Å²) < 4.78 is 42.2. The van der Waals surface area contributed by atoms with Gasteiger partial charge in [-0.1, -0.05) is 0 Å². The molecule has 0 bridgehead atoms. The molecule has 0 aliphatic heterocycles. The first-order valence-corrected chi connectivity index (χ1v) is 4.76. The van der Waals surface area contributed by atoms with E-state index in [4.69, 9.17) is 4.74 Å². The maximum atomic E-state index is 12.4. The molecule has 0 unspecified atom stereocenters. The van der Waals surface area contributed by atoms with Crippen LogP contribution in [0.25, 0.3) is 0 Å². The van der Waals surface area contributed by atoms with E-state index in [2.05, 4.69) is 4.98 Å². The van der Waals surface area contributed by atoms with E-state index in [1.54, 1.807) is 0 Å². The van der Waals surface area contributed by atoms with Crippen molar-refractivity contribution in [3.63, 3.8) is 0 Å². The van der Waals surface area contributed by atoms with E-state index in [1.807, 2.05) is 0 Å². The van der Waals surface area contributed by atoms with Gasteiger partial charge in [0.25, 0.3) is 0 Å². The molecule has 1 aromatic rings. The van der Waals surface area contributed by atoms with Gasteiger partial charge in [0, 0.05) is 6.07 Å². The Morgan fingerprint density at radius 3 is 2.59 bits per heavy atom. The van der Waals surface area contributed by atoms with Crippen molar-refractivity contribution in [2.45, 2.75) is 25.1 Å². The van der Waals surface area contributed by atoms with Gasteiger partial charge in [0.2, 0.25) is 5.75 Å². The second kappa shape index (κ2) is 3.86. The molecule has 1 heterocycles. The van der Waals surface area contributed by atoms with Gasteiger partial charge in [-0.15, -0.1) is 0 Å². The minimum Gasteiger partial charge on any atom is -0.482 e. The van der Waals surface area contributed by atoms with Crippen LogP contribution in [0.2, 0.25) is 0 Å². The van der Waals surface area contributed by atoms with Gasteiger partial charge in [-0.3, -0.25) is 0 Å². The van der Waals surface area contributed by atoms with Crippen molar-refractivity contribution in [1.29, 1.82) is 0 Å². The third kappa shape index (κ3) is 2.63. The third-order valence-electron chi connectivity index (χ3n) is 2.15.